The second-order valence-electron chi connectivity index (χ2n) is 4.21. The summed E-state index contributed by atoms with van der Waals surface area (Å²) in [6.45, 7) is 3.51. The third-order valence-corrected chi connectivity index (χ3v) is 2.86. The Hall–Kier alpha value is -1.09. The van der Waals surface area contributed by atoms with Crippen LogP contribution in [0.15, 0.2) is 18.2 Å². The molecular formula is C12H16FNO. The Bertz CT molecular complexity index is 325. The molecule has 3 heteroatoms. The van der Waals surface area contributed by atoms with E-state index in [9.17, 15) is 9.50 Å². The van der Waals surface area contributed by atoms with Crippen molar-refractivity contribution in [2.45, 2.75) is 25.9 Å². The Morgan fingerprint density at radius 1 is 1.27 bits per heavy atom. The summed E-state index contributed by atoms with van der Waals surface area (Å²) in [5.74, 6) is -0.184. The first-order chi connectivity index (χ1) is 7.15. The van der Waals surface area contributed by atoms with E-state index in [1.807, 2.05) is 13.0 Å². The van der Waals surface area contributed by atoms with Crippen molar-refractivity contribution in [2.24, 2.45) is 0 Å². The molecule has 1 aliphatic heterocycles. The molecule has 0 saturated carbocycles. The van der Waals surface area contributed by atoms with E-state index < -0.39 is 0 Å². The smallest absolute Gasteiger partial charge is 0.125 e. The van der Waals surface area contributed by atoms with Gasteiger partial charge in [-0.05, 0) is 43.5 Å². The average Bonchev–Trinajstić information content (AvgIpc) is 2.17. The number of anilines is 1. The van der Waals surface area contributed by atoms with Gasteiger partial charge in [0, 0.05) is 18.8 Å². The maximum absolute atomic E-state index is 13.2. The number of hydrogen-bond donors (Lipinski definition) is 1. The van der Waals surface area contributed by atoms with Crippen molar-refractivity contribution in [2.75, 3.05) is 18.0 Å². The van der Waals surface area contributed by atoms with Gasteiger partial charge >= 0.3 is 0 Å². The molecule has 0 amide bonds. The van der Waals surface area contributed by atoms with Gasteiger partial charge in [-0.2, -0.15) is 0 Å². The van der Waals surface area contributed by atoms with Gasteiger partial charge in [0.2, 0.25) is 0 Å². The van der Waals surface area contributed by atoms with E-state index in [4.69, 9.17) is 0 Å². The number of rotatable bonds is 1. The number of aliphatic hydroxyl groups is 1. The molecule has 0 atom stereocenters. The first-order valence-corrected chi connectivity index (χ1v) is 5.35. The lowest BCUT2D eigenvalue weighted by atomic mass is 10.1. The molecule has 1 N–H and O–H groups in total. The lowest BCUT2D eigenvalue weighted by Gasteiger charge is -2.31. The maximum atomic E-state index is 13.2. The van der Waals surface area contributed by atoms with Crippen molar-refractivity contribution in [1.29, 1.82) is 0 Å². The summed E-state index contributed by atoms with van der Waals surface area (Å²) in [6.07, 6.45) is 1.36. The zero-order valence-electron chi connectivity index (χ0n) is 8.91. The number of benzene rings is 1. The fourth-order valence-corrected chi connectivity index (χ4v) is 2.02. The molecule has 2 rings (SSSR count). The van der Waals surface area contributed by atoms with Crippen molar-refractivity contribution in [3.05, 3.63) is 29.6 Å². The normalized spacial score (nSPS) is 18.2. The SMILES string of the molecule is Cc1cc(F)cc(N2CCC(O)CC2)c1. The zero-order valence-corrected chi connectivity index (χ0v) is 8.91. The first kappa shape index (κ1) is 10.4. The summed E-state index contributed by atoms with van der Waals surface area (Å²) in [7, 11) is 0. The van der Waals surface area contributed by atoms with Crippen molar-refractivity contribution in [3.63, 3.8) is 0 Å². The summed E-state index contributed by atoms with van der Waals surface area (Å²) in [5.41, 5.74) is 1.87. The molecule has 0 unspecified atom stereocenters. The van der Waals surface area contributed by atoms with E-state index in [2.05, 4.69) is 4.90 Å². The molecule has 1 aromatic rings. The molecule has 0 aliphatic carbocycles. The Balaban J connectivity index is 2.15. The largest absolute Gasteiger partial charge is 0.393 e. The maximum Gasteiger partial charge on any atom is 0.125 e. The Labute approximate surface area is 89.3 Å². The van der Waals surface area contributed by atoms with Crippen molar-refractivity contribution in [1.82, 2.24) is 0 Å². The Morgan fingerprint density at radius 2 is 1.93 bits per heavy atom. The molecule has 2 nitrogen and oxygen atoms in total. The molecule has 15 heavy (non-hydrogen) atoms. The lowest BCUT2D eigenvalue weighted by molar-refractivity contribution is 0.145. The molecular weight excluding hydrogens is 193 g/mol. The molecule has 0 spiro atoms. The number of piperidine rings is 1. The molecule has 1 aliphatic rings. The highest BCUT2D eigenvalue weighted by molar-refractivity contribution is 5.49. The van der Waals surface area contributed by atoms with E-state index in [1.54, 1.807) is 6.07 Å². The minimum atomic E-state index is -0.184. The molecule has 82 valence electrons. The summed E-state index contributed by atoms with van der Waals surface area (Å²) in [5, 5.41) is 9.38. The highest BCUT2D eigenvalue weighted by Gasteiger charge is 2.17. The van der Waals surface area contributed by atoms with Crippen molar-refractivity contribution in [3.8, 4) is 0 Å². The van der Waals surface area contributed by atoms with Gasteiger partial charge in [-0.25, -0.2) is 4.39 Å². The van der Waals surface area contributed by atoms with Gasteiger partial charge in [-0.15, -0.1) is 0 Å². The van der Waals surface area contributed by atoms with Crippen LogP contribution in [-0.2, 0) is 0 Å². The van der Waals surface area contributed by atoms with Crippen LogP contribution in [0.5, 0.6) is 0 Å². The molecule has 0 bridgehead atoms. The molecule has 0 aromatic heterocycles. The van der Waals surface area contributed by atoms with Crippen molar-refractivity contribution >= 4 is 5.69 Å². The predicted octanol–water partition coefficient (Wildman–Crippen LogP) is 2.10. The van der Waals surface area contributed by atoms with Crippen LogP contribution in [0.25, 0.3) is 0 Å². The van der Waals surface area contributed by atoms with Crippen LogP contribution in [0.2, 0.25) is 0 Å². The van der Waals surface area contributed by atoms with Crippen LogP contribution < -0.4 is 4.90 Å². The highest BCUT2D eigenvalue weighted by Crippen LogP contribution is 2.22. The lowest BCUT2D eigenvalue weighted by Crippen LogP contribution is -2.35. The summed E-state index contributed by atoms with van der Waals surface area (Å²) < 4.78 is 13.2. The van der Waals surface area contributed by atoms with Crippen LogP contribution >= 0.6 is 0 Å². The first-order valence-electron chi connectivity index (χ1n) is 5.35. The number of hydrogen-bond acceptors (Lipinski definition) is 2. The number of nitrogens with zero attached hydrogens (tertiary/aromatic N) is 1. The van der Waals surface area contributed by atoms with Gasteiger partial charge in [0.05, 0.1) is 6.10 Å². The van der Waals surface area contributed by atoms with Crippen LogP contribution in [0, 0.1) is 12.7 Å². The van der Waals surface area contributed by atoms with Gasteiger partial charge in [-0.1, -0.05) is 0 Å². The minimum Gasteiger partial charge on any atom is -0.393 e. The number of aliphatic hydroxyl groups excluding tert-OH is 1. The van der Waals surface area contributed by atoms with Crippen LogP contribution in [0.3, 0.4) is 0 Å². The van der Waals surface area contributed by atoms with Crippen LogP contribution in [0.4, 0.5) is 10.1 Å². The van der Waals surface area contributed by atoms with Crippen LogP contribution in [-0.4, -0.2) is 24.3 Å². The minimum absolute atomic E-state index is 0.184. The van der Waals surface area contributed by atoms with Gasteiger partial charge < -0.3 is 10.0 Å². The third kappa shape index (κ3) is 2.48. The summed E-state index contributed by atoms with van der Waals surface area (Å²) in [6, 6.07) is 5.08. The van der Waals surface area contributed by atoms with Gasteiger partial charge in [0.25, 0.3) is 0 Å². The topological polar surface area (TPSA) is 23.5 Å². The zero-order chi connectivity index (χ0) is 10.8. The quantitative estimate of drug-likeness (QED) is 0.765. The third-order valence-electron chi connectivity index (χ3n) is 2.86. The van der Waals surface area contributed by atoms with E-state index in [-0.39, 0.29) is 11.9 Å². The monoisotopic (exact) mass is 209 g/mol. The predicted molar refractivity (Wildman–Crippen MR) is 58.6 cm³/mol. The molecule has 1 saturated heterocycles. The molecule has 1 aromatic carbocycles. The fraction of sp³-hybridized carbons (Fsp3) is 0.500. The van der Waals surface area contributed by atoms with E-state index in [0.29, 0.717) is 0 Å². The second kappa shape index (κ2) is 4.19. The summed E-state index contributed by atoms with van der Waals surface area (Å²) in [4.78, 5) is 2.13. The van der Waals surface area contributed by atoms with E-state index in [1.165, 1.54) is 6.07 Å². The van der Waals surface area contributed by atoms with Gasteiger partial charge in [0.1, 0.15) is 5.82 Å². The Kier molecular flexibility index (Phi) is 2.91. The van der Waals surface area contributed by atoms with E-state index >= 15 is 0 Å². The number of aryl methyl sites for hydroxylation is 1. The second-order valence-corrected chi connectivity index (χ2v) is 4.21. The molecule has 1 fully saturated rings. The standard InChI is InChI=1S/C12H16FNO/c1-9-6-10(13)8-11(7-9)14-4-2-12(15)3-5-14/h6-8,12,15H,2-5H2,1H3. The summed E-state index contributed by atoms with van der Waals surface area (Å²) >= 11 is 0. The highest BCUT2D eigenvalue weighted by atomic mass is 19.1. The van der Waals surface area contributed by atoms with Crippen LogP contribution in [0.1, 0.15) is 18.4 Å². The average molecular weight is 209 g/mol. The fourth-order valence-electron chi connectivity index (χ4n) is 2.02. The van der Waals surface area contributed by atoms with E-state index in [0.717, 1.165) is 37.2 Å². The Morgan fingerprint density at radius 3 is 2.53 bits per heavy atom. The van der Waals surface area contributed by atoms with Gasteiger partial charge in [0.15, 0.2) is 0 Å². The van der Waals surface area contributed by atoms with Gasteiger partial charge in [-0.3, -0.25) is 0 Å². The molecule has 0 radical (unpaired) electrons. The number of halogens is 1. The molecule has 1 heterocycles. The van der Waals surface area contributed by atoms with Crippen molar-refractivity contribution < 1.29 is 9.50 Å².